The average molecular weight is 453 g/mol. The van der Waals surface area contributed by atoms with Gasteiger partial charge in [0.25, 0.3) is 5.91 Å². The van der Waals surface area contributed by atoms with E-state index < -0.39 is 5.97 Å². The van der Waals surface area contributed by atoms with Crippen molar-refractivity contribution in [3.05, 3.63) is 95.7 Å². The molecule has 1 aliphatic heterocycles. The van der Waals surface area contributed by atoms with Gasteiger partial charge in [-0.1, -0.05) is 36.4 Å². The third-order valence-corrected chi connectivity index (χ3v) is 5.71. The van der Waals surface area contributed by atoms with Crippen LogP contribution in [0.5, 0.6) is 5.75 Å². The Kier molecular flexibility index (Phi) is 5.82. The van der Waals surface area contributed by atoms with E-state index in [1.165, 1.54) is 12.3 Å². The number of esters is 1. The van der Waals surface area contributed by atoms with Crippen molar-refractivity contribution in [2.75, 3.05) is 23.6 Å². The molecule has 34 heavy (non-hydrogen) atoms. The summed E-state index contributed by atoms with van der Waals surface area (Å²) in [5.74, 6) is 0.387. The number of anilines is 2. The number of pyridine rings is 1. The molecule has 170 valence electrons. The molecular formula is C27H23N3O4. The second-order valence-electron chi connectivity index (χ2n) is 7.89. The molecule has 7 heteroatoms. The number of benzene rings is 3. The van der Waals surface area contributed by atoms with Crippen molar-refractivity contribution in [3.8, 4) is 5.75 Å². The Bertz CT molecular complexity index is 1390. The maximum Gasteiger partial charge on any atom is 0.338 e. The molecule has 0 fully saturated rings. The van der Waals surface area contributed by atoms with Crippen molar-refractivity contribution in [2.24, 2.45) is 0 Å². The molecule has 0 saturated heterocycles. The number of ether oxygens (including phenoxy) is 2. The molecule has 1 N–H and O–H groups in total. The molecule has 0 spiro atoms. The lowest BCUT2D eigenvalue weighted by Gasteiger charge is -2.31. The Morgan fingerprint density at radius 2 is 1.91 bits per heavy atom. The quantitative estimate of drug-likeness (QED) is 0.428. The fourth-order valence-corrected chi connectivity index (χ4v) is 4.04. The van der Waals surface area contributed by atoms with Crippen LogP contribution in [0.15, 0.2) is 79.0 Å². The maximum absolute atomic E-state index is 12.9. The molecule has 0 unspecified atom stereocenters. The van der Waals surface area contributed by atoms with E-state index in [9.17, 15) is 9.59 Å². The predicted molar refractivity (Wildman–Crippen MR) is 130 cm³/mol. The standard InChI is InChI=1S/C27H23N3O4/c1-2-33-27(32)20-12-13-28-25(15-20)29-26(31)19-7-5-8-21(14-19)30-16-23-22-9-4-3-6-18(22)10-11-24(23)34-17-30/h3-15H,2,16-17H2,1H3,(H,28,29,31). The third kappa shape index (κ3) is 4.28. The van der Waals surface area contributed by atoms with Crippen LogP contribution in [-0.2, 0) is 11.3 Å². The smallest absolute Gasteiger partial charge is 0.338 e. The normalized spacial score (nSPS) is 12.6. The minimum Gasteiger partial charge on any atom is -0.473 e. The van der Waals surface area contributed by atoms with Crippen LogP contribution in [0.4, 0.5) is 11.5 Å². The zero-order valence-corrected chi connectivity index (χ0v) is 18.7. The van der Waals surface area contributed by atoms with Gasteiger partial charge in [0.2, 0.25) is 0 Å². The number of hydrogen-bond acceptors (Lipinski definition) is 6. The van der Waals surface area contributed by atoms with E-state index in [0.29, 0.717) is 24.4 Å². The van der Waals surface area contributed by atoms with E-state index in [4.69, 9.17) is 9.47 Å². The van der Waals surface area contributed by atoms with Crippen LogP contribution in [0.3, 0.4) is 0 Å². The zero-order valence-electron chi connectivity index (χ0n) is 18.7. The van der Waals surface area contributed by atoms with E-state index in [1.807, 2.05) is 36.4 Å². The molecule has 1 amide bonds. The second kappa shape index (κ2) is 9.23. The summed E-state index contributed by atoms with van der Waals surface area (Å²) in [6.45, 7) is 3.07. The van der Waals surface area contributed by atoms with Crippen LogP contribution in [-0.4, -0.2) is 30.2 Å². The number of aromatic nitrogens is 1. The molecule has 0 aliphatic carbocycles. The van der Waals surface area contributed by atoms with Crippen LogP contribution in [0.2, 0.25) is 0 Å². The molecule has 5 rings (SSSR count). The number of carbonyl (C=O) groups is 2. The van der Waals surface area contributed by atoms with E-state index in [0.717, 1.165) is 27.8 Å². The van der Waals surface area contributed by atoms with Gasteiger partial charge in [-0.2, -0.15) is 0 Å². The Labute approximate surface area is 196 Å². The number of rotatable bonds is 5. The molecule has 4 aromatic rings. The number of fused-ring (bicyclic) bond motifs is 3. The summed E-state index contributed by atoms with van der Waals surface area (Å²) in [5.41, 5.74) is 2.81. The first-order valence-electron chi connectivity index (χ1n) is 11.1. The molecule has 1 aliphatic rings. The predicted octanol–water partition coefficient (Wildman–Crippen LogP) is 5.02. The molecule has 0 atom stereocenters. The van der Waals surface area contributed by atoms with E-state index >= 15 is 0 Å². The van der Waals surface area contributed by atoms with Crippen molar-refractivity contribution < 1.29 is 19.1 Å². The maximum atomic E-state index is 12.9. The van der Waals surface area contributed by atoms with Gasteiger partial charge < -0.3 is 19.7 Å². The molecule has 7 nitrogen and oxygen atoms in total. The highest BCUT2D eigenvalue weighted by atomic mass is 16.5. The molecule has 1 aromatic heterocycles. The van der Waals surface area contributed by atoms with Gasteiger partial charge >= 0.3 is 5.97 Å². The van der Waals surface area contributed by atoms with Crippen LogP contribution in [0.1, 0.15) is 33.2 Å². The Balaban J connectivity index is 1.35. The topological polar surface area (TPSA) is 80.8 Å². The van der Waals surface area contributed by atoms with Crippen molar-refractivity contribution in [3.63, 3.8) is 0 Å². The number of nitrogens with zero attached hydrogens (tertiary/aromatic N) is 2. The Morgan fingerprint density at radius 1 is 1.03 bits per heavy atom. The molecular weight excluding hydrogens is 430 g/mol. The van der Waals surface area contributed by atoms with E-state index in [1.54, 1.807) is 19.1 Å². The third-order valence-electron chi connectivity index (χ3n) is 5.71. The number of amides is 1. The largest absolute Gasteiger partial charge is 0.473 e. The first-order chi connectivity index (χ1) is 16.6. The van der Waals surface area contributed by atoms with Crippen molar-refractivity contribution >= 4 is 34.2 Å². The fraction of sp³-hybridized carbons (Fsp3) is 0.148. The molecule has 0 bridgehead atoms. The summed E-state index contributed by atoms with van der Waals surface area (Å²) in [5, 5.41) is 5.08. The Morgan fingerprint density at radius 3 is 2.79 bits per heavy atom. The first kappa shape index (κ1) is 21.5. The monoisotopic (exact) mass is 453 g/mol. The van der Waals surface area contributed by atoms with E-state index in [-0.39, 0.29) is 18.3 Å². The summed E-state index contributed by atoms with van der Waals surface area (Å²) >= 11 is 0. The highest BCUT2D eigenvalue weighted by Crippen LogP contribution is 2.34. The minimum atomic E-state index is -0.458. The summed E-state index contributed by atoms with van der Waals surface area (Å²) in [6.07, 6.45) is 1.46. The first-order valence-corrected chi connectivity index (χ1v) is 11.1. The van der Waals surface area contributed by atoms with Gasteiger partial charge in [-0.25, -0.2) is 9.78 Å². The van der Waals surface area contributed by atoms with Gasteiger partial charge in [0.1, 0.15) is 11.6 Å². The molecule has 0 radical (unpaired) electrons. The van der Waals surface area contributed by atoms with Gasteiger partial charge in [-0.15, -0.1) is 0 Å². The number of carbonyl (C=O) groups excluding carboxylic acids is 2. The number of nitrogens with one attached hydrogen (secondary N) is 1. The Hall–Kier alpha value is -4.39. The van der Waals surface area contributed by atoms with Crippen LogP contribution in [0, 0.1) is 0 Å². The molecule has 2 heterocycles. The van der Waals surface area contributed by atoms with Gasteiger partial charge in [0.05, 0.1) is 18.7 Å². The average Bonchev–Trinajstić information content (AvgIpc) is 2.88. The minimum absolute atomic E-state index is 0.274. The second-order valence-corrected chi connectivity index (χ2v) is 7.89. The lowest BCUT2D eigenvalue weighted by atomic mass is 10.0. The van der Waals surface area contributed by atoms with Crippen LogP contribution < -0.4 is 15.0 Å². The lowest BCUT2D eigenvalue weighted by molar-refractivity contribution is 0.0526. The van der Waals surface area contributed by atoms with Crippen molar-refractivity contribution in [1.82, 2.24) is 4.98 Å². The SMILES string of the molecule is CCOC(=O)c1ccnc(NC(=O)c2cccc(N3COc4ccc5ccccc5c4C3)c2)c1. The van der Waals surface area contributed by atoms with Crippen molar-refractivity contribution in [1.29, 1.82) is 0 Å². The summed E-state index contributed by atoms with van der Waals surface area (Å²) < 4.78 is 11.0. The summed E-state index contributed by atoms with van der Waals surface area (Å²) in [6, 6.07) is 22.7. The van der Waals surface area contributed by atoms with Gasteiger partial charge in [-0.05, 0) is 54.1 Å². The highest BCUT2D eigenvalue weighted by molar-refractivity contribution is 6.04. The van der Waals surface area contributed by atoms with Crippen molar-refractivity contribution in [2.45, 2.75) is 13.5 Å². The highest BCUT2D eigenvalue weighted by Gasteiger charge is 2.21. The molecule has 3 aromatic carbocycles. The molecule has 0 saturated carbocycles. The van der Waals surface area contributed by atoms with Gasteiger partial charge in [-0.3, -0.25) is 4.79 Å². The van der Waals surface area contributed by atoms with Crippen LogP contribution >= 0.6 is 0 Å². The van der Waals surface area contributed by atoms with Gasteiger partial charge in [0, 0.05) is 23.0 Å². The van der Waals surface area contributed by atoms with E-state index in [2.05, 4.69) is 33.4 Å². The van der Waals surface area contributed by atoms with Crippen LogP contribution in [0.25, 0.3) is 10.8 Å². The summed E-state index contributed by atoms with van der Waals surface area (Å²) in [7, 11) is 0. The number of hydrogen-bond donors (Lipinski definition) is 1. The fourth-order valence-electron chi connectivity index (χ4n) is 4.04. The lowest BCUT2D eigenvalue weighted by Crippen LogP contribution is -2.32. The summed E-state index contributed by atoms with van der Waals surface area (Å²) in [4.78, 5) is 31.1. The van der Waals surface area contributed by atoms with Gasteiger partial charge in [0.15, 0.2) is 6.73 Å². The zero-order chi connectivity index (χ0) is 23.5.